The van der Waals surface area contributed by atoms with Gasteiger partial charge in [0.05, 0.1) is 6.61 Å². The zero-order chi connectivity index (χ0) is 12.3. The minimum absolute atomic E-state index is 0.00753. The summed E-state index contributed by atoms with van der Waals surface area (Å²) in [4.78, 5) is 9.49. The average Bonchev–Trinajstić information content (AvgIpc) is 2.31. The predicted molar refractivity (Wildman–Crippen MR) is 71.0 cm³/mol. The molecular weight excluding hydrogens is 300 g/mol. The van der Waals surface area contributed by atoms with Crippen molar-refractivity contribution in [2.45, 2.75) is 23.6 Å². The highest BCUT2D eigenvalue weighted by Crippen LogP contribution is 2.30. The molecule has 0 atom stereocenters. The lowest BCUT2D eigenvalue weighted by atomic mass is 10.2. The summed E-state index contributed by atoms with van der Waals surface area (Å²) >= 11 is 4.84. The number of halogens is 1. The largest absolute Gasteiger partial charge is 0.392 e. The monoisotopic (exact) mass is 310 g/mol. The highest BCUT2D eigenvalue weighted by Gasteiger charge is 2.06. The lowest BCUT2D eigenvalue weighted by molar-refractivity contribution is 0.279. The maximum Gasteiger partial charge on any atom is 0.192 e. The van der Waals surface area contributed by atoms with Crippen molar-refractivity contribution in [3.8, 4) is 0 Å². The SMILES string of the molecule is Cc1ccnc(Sc2ccc(Br)cc2CO)n1. The molecule has 2 rings (SSSR count). The van der Waals surface area contributed by atoms with Crippen molar-refractivity contribution in [1.82, 2.24) is 9.97 Å². The Labute approximate surface area is 112 Å². The van der Waals surface area contributed by atoms with Crippen LogP contribution in [0.2, 0.25) is 0 Å². The van der Waals surface area contributed by atoms with Crippen LogP contribution in [0.25, 0.3) is 0 Å². The van der Waals surface area contributed by atoms with Gasteiger partial charge in [-0.15, -0.1) is 0 Å². The highest BCUT2D eigenvalue weighted by atomic mass is 79.9. The van der Waals surface area contributed by atoms with Gasteiger partial charge in [-0.05, 0) is 48.5 Å². The van der Waals surface area contributed by atoms with Crippen molar-refractivity contribution in [2.24, 2.45) is 0 Å². The minimum Gasteiger partial charge on any atom is -0.392 e. The molecule has 2 aromatic rings. The number of aromatic nitrogens is 2. The number of rotatable bonds is 3. The number of aryl methyl sites for hydroxylation is 1. The van der Waals surface area contributed by atoms with Crippen LogP contribution in [0, 0.1) is 6.92 Å². The van der Waals surface area contributed by atoms with Crippen molar-refractivity contribution in [1.29, 1.82) is 0 Å². The average molecular weight is 311 g/mol. The smallest absolute Gasteiger partial charge is 0.192 e. The summed E-state index contributed by atoms with van der Waals surface area (Å²) in [5.74, 6) is 0. The molecule has 0 unspecified atom stereocenters. The molecule has 1 heterocycles. The van der Waals surface area contributed by atoms with Crippen molar-refractivity contribution in [3.05, 3.63) is 46.2 Å². The van der Waals surface area contributed by atoms with Crippen LogP contribution in [0.1, 0.15) is 11.3 Å². The van der Waals surface area contributed by atoms with Crippen molar-refractivity contribution < 1.29 is 5.11 Å². The van der Waals surface area contributed by atoms with Crippen LogP contribution in [0.4, 0.5) is 0 Å². The van der Waals surface area contributed by atoms with E-state index in [1.54, 1.807) is 6.20 Å². The fraction of sp³-hybridized carbons (Fsp3) is 0.167. The Morgan fingerprint density at radius 3 is 2.88 bits per heavy atom. The zero-order valence-corrected chi connectivity index (χ0v) is 11.6. The van der Waals surface area contributed by atoms with E-state index in [4.69, 9.17) is 0 Å². The Kier molecular flexibility index (Phi) is 4.15. The molecule has 5 heteroatoms. The van der Waals surface area contributed by atoms with Crippen molar-refractivity contribution >= 4 is 27.7 Å². The summed E-state index contributed by atoms with van der Waals surface area (Å²) in [5, 5.41) is 10.00. The fourth-order valence-corrected chi connectivity index (χ4v) is 2.64. The molecule has 1 aromatic carbocycles. The predicted octanol–water partition coefficient (Wildman–Crippen LogP) is 3.19. The first-order valence-electron chi connectivity index (χ1n) is 5.06. The second kappa shape index (κ2) is 5.62. The summed E-state index contributed by atoms with van der Waals surface area (Å²) in [6.07, 6.45) is 1.74. The number of hydrogen-bond donors (Lipinski definition) is 1. The molecule has 3 nitrogen and oxygen atoms in total. The van der Waals surface area contributed by atoms with Crippen LogP contribution in [-0.4, -0.2) is 15.1 Å². The molecule has 0 saturated heterocycles. The van der Waals surface area contributed by atoms with Gasteiger partial charge in [-0.2, -0.15) is 0 Å². The molecule has 88 valence electrons. The van der Waals surface area contributed by atoms with E-state index >= 15 is 0 Å². The zero-order valence-electron chi connectivity index (χ0n) is 9.22. The second-order valence-electron chi connectivity index (χ2n) is 3.49. The van der Waals surface area contributed by atoms with Gasteiger partial charge < -0.3 is 5.11 Å². The van der Waals surface area contributed by atoms with Gasteiger partial charge in [-0.3, -0.25) is 0 Å². The molecule has 0 aliphatic carbocycles. The van der Waals surface area contributed by atoms with Gasteiger partial charge in [0.1, 0.15) is 0 Å². The first-order chi connectivity index (χ1) is 8.19. The van der Waals surface area contributed by atoms with Crippen molar-refractivity contribution in [2.75, 3.05) is 0 Å². The number of nitrogens with zero attached hydrogens (tertiary/aromatic N) is 2. The Balaban J connectivity index is 2.29. The molecule has 0 aliphatic rings. The van der Waals surface area contributed by atoms with Crippen molar-refractivity contribution in [3.63, 3.8) is 0 Å². The summed E-state index contributed by atoms with van der Waals surface area (Å²) in [7, 11) is 0. The van der Waals surface area contributed by atoms with Gasteiger partial charge in [0, 0.05) is 21.3 Å². The molecular formula is C12H11BrN2OS. The Morgan fingerprint density at radius 2 is 2.18 bits per heavy atom. The third kappa shape index (κ3) is 3.28. The van der Waals surface area contributed by atoms with Crippen LogP contribution in [0.3, 0.4) is 0 Å². The van der Waals surface area contributed by atoms with Crippen LogP contribution < -0.4 is 0 Å². The number of hydrogen-bond acceptors (Lipinski definition) is 4. The number of aliphatic hydroxyl groups is 1. The van der Waals surface area contributed by atoms with Gasteiger partial charge in [-0.1, -0.05) is 15.9 Å². The van der Waals surface area contributed by atoms with E-state index in [2.05, 4.69) is 25.9 Å². The summed E-state index contributed by atoms with van der Waals surface area (Å²) in [5.41, 5.74) is 1.81. The molecule has 0 saturated carbocycles. The maximum absolute atomic E-state index is 9.30. The quantitative estimate of drug-likeness (QED) is 0.884. The van der Waals surface area contributed by atoms with Crippen LogP contribution in [0.15, 0.2) is 45.0 Å². The van der Waals surface area contributed by atoms with Crippen LogP contribution >= 0.6 is 27.7 Å². The molecule has 1 aromatic heterocycles. The minimum atomic E-state index is 0.00753. The van der Waals surface area contributed by atoms with Gasteiger partial charge in [0.2, 0.25) is 0 Å². The van der Waals surface area contributed by atoms with E-state index in [1.165, 1.54) is 11.8 Å². The highest BCUT2D eigenvalue weighted by molar-refractivity contribution is 9.10. The Hall–Kier alpha value is -0.910. The fourth-order valence-electron chi connectivity index (χ4n) is 1.34. The van der Waals surface area contributed by atoms with E-state index in [0.717, 1.165) is 20.6 Å². The third-order valence-electron chi connectivity index (χ3n) is 2.17. The molecule has 0 spiro atoms. The molecule has 1 N–H and O–H groups in total. The van der Waals surface area contributed by atoms with E-state index in [0.29, 0.717) is 5.16 Å². The maximum atomic E-state index is 9.30. The van der Waals surface area contributed by atoms with E-state index < -0.39 is 0 Å². The summed E-state index contributed by atoms with van der Waals surface area (Å²) in [6.45, 7) is 1.94. The molecule has 0 fully saturated rings. The van der Waals surface area contributed by atoms with E-state index in [1.807, 2.05) is 31.2 Å². The van der Waals surface area contributed by atoms with E-state index in [9.17, 15) is 5.11 Å². The summed E-state index contributed by atoms with van der Waals surface area (Å²) < 4.78 is 0.955. The van der Waals surface area contributed by atoms with Crippen LogP contribution in [0.5, 0.6) is 0 Å². The van der Waals surface area contributed by atoms with Gasteiger partial charge in [-0.25, -0.2) is 9.97 Å². The van der Waals surface area contributed by atoms with Gasteiger partial charge >= 0.3 is 0 Å². The van der Waals surface area contributed by atoms with Gasteiger partial charge in [0.25, 0.3) is 0 Å². The normalized spacial score (nSPS) is 10.5. The molecule has 0 radical (unpaired) electrons. The molecule has 0 bridgehead atoms. The lowest BCUT2D eigenvalue weighted by Crippen LogP contribution is -1.91. The Bertz CT molecular complexity index is 534. The standard InChI is InChI=1S/C12H11BrN2OS/c1-8-4-5-14-12(15-8)17-11-3-2-10(13)6-9(11)7-16/h2-6,16H,7H2,1H3. The van der Waals surface area contributed by atoms with E-state index in [-0.39, 0.29) is 6.61 Å². The number of aliphatic hydroxyl groups excluding tert-OH is 1. The third-order valence-corrected chi connectivity index (χ3v) is 3.66. The first-order valence-corrected chi connectivity index (χ1v) is 6.67. The van der Waals surface area contributed by atoms with Crippen LogP contribution in [-0.2, 0) is 6.61 Å². The molecule has 0 aliphatic heterocycles. The van der Waals surface area contributed by atoms with Gasteiger partial charge in [0.15, 0.2) is 5.16 Å². The Morgan fingerprint density at radius 1 is 1.35 bits per heavy atom. The topological polar surface area (TPSA) is 46.0 Å². The first kappa shape index (κ1) is 12.5. The lowest BCUT2D eigenvalue weighted by Gasteiger charge is -2.06. The summed E-state index contributed by atoms with van der Waals surface area (Å²) in [6, 6.07) is 7.65. The number of benzene rings is 1. The second-order valence-corrected chi connectivity index (χ2v) is 5.42. The molecule has 17 heavy (non-hydrogen) atoms. The molecule has 0 amide bonds.